The molecule has 1 aromatic carbocycles. The Morgan fingerprint density at radius 1 is 1.41 bits per heavy atom. The quantitative estimate of drug-likeness (QED) is 0.720. The fourth-order valence-electron chi connectivity index (χ4n) is 1.86. The largest absolute Gasteiger partial charge is 0.341 e. The van der Waals surface area contributed by atoms with E-state index in [0.29, 0.717) is 24.7 Å². The first-order chi connectivity index (χ1) is 10.8. The van der Waals surface area contributed by atoms with Gasteiger partial charge in [-0.05, 0) is 29.5 Å². The highest BCUT2D eigenvalue weighted by Crippen LogP contribution is 2.18. The zero-order valence-corrected chi connectivity index (χ0v) is 13.0. The van der Waals surface area contributed by atoms with Gasteiger partial charge in [-0.25, -0.2) is 0 Å². The zero-order valence-electron chi connectivity index (χ0n) is 12.2. The van der Waals surface area contributed by atoms with Crippen LogP contribution in [0.3, 0.4) is 0 Å². The number of carbonyl (C=O) groups is 1. The molecule has 7 nitrogen and oxygen atoms in total. The number of hydrogen-bond donors (Lipinski definition) is 0. The first-order valence-corrected chi connectivity index (χ1v) is 7.86. The van der Waals surface area contributed by atoms with Crippen LogP contribution < -0.4 is 0 Å². The number of nitriles is 1. The number of para-hydroxylation sites is 1. The van der Waals surface area contributed by atoms with Gasteiger partial charge < -0.3 is 4.90 Å². The van der Waals surface area contributed by atoms with E-state index in [1.165, 1.54) is 11.8 Å². The molecule has 2 aromatic rings. The van der Waals surface area contributed by atoms with Crippen LogP contribution in [-0.4, -0.2) is 49.9 Å². The average molecular weight is 316 g/mol. The van der Waals surface area contributed by atoms with Crippen molar-refractivity contribution in [1.29, 1.82) is 5.26 Å². The molecular weight excluding hydrogens is 300 g/mol. The van der Waals surface area contributed by atoms with Gasteiger partial charge in [0.15, 0.2) is 0 Å². The van der Waals surface area contributed by atoms with Gasteiger partial charge in [-0.15, -0.1) is 5.10 Å². The maximum atomic E-state index is 12.1. The van der Waals surface area contributed by atoms with Crippen molar-refractivity contribution in [3.63, 3.8) is 0 Å². The second-order valence-electron chi connectivity index (χ2n) is 4.38. The molecule has 0 unspecified atom stereocenters. The summed E-state index contributed by atoms with van der Waals surface area (Å²) in [5.41, 5.74) is 0.847. The number of hydrogen-bond acceptors (Lipinski definition) is 6. The molecule has 0 radical (unpaired) electrons. The first kappa shape index (κ1) is 16.0. The number of thioether (sulfide) groups is 1. The molecule has 114 valence electrons. The summed E-state index contributed by atoms with van der Waals surface area (Å²) >= 11 is 1.29. The Morgan fingerprint density at radius 2 is 2.18 bits per heavy atom. The molecule has 22 heavy (non-hydrogen) atoms. The standard InChI is InChI=1S/C14H16N6OS/c1-2-19(10-6-9-15)13(21)11-22-14-16-17-18-20(14)12-7-4-3-5-8-12/h3-5,7-8H,2,6,10-11H2,1H3. The van der Waals surface area contributed by atoms with Crippen LogP contribution in [0.2, 0.25) is 0 Å². The van der Waals surface area contributed by atoms with Gasteiger partial charge >= 0.3 is 0 Å². The molecule has 8 heteroatoms. The van der Waals surface area contributed by atoms with Gasteiger partial charge in [0.05, 0.1) is 23.9 Å². The molecule has 0 atom stereocenters. The number of carbonyl (C=O) groups excluding carboxylic acids is 1. The Labute approximate surface area is 132 Å². The molecule has 0 aliphatic carbocycles. The van der Waals surface area contributed by atoms with E-state index in [2.05, 4.69) is 21.6 Å². The monoisotopic (exact) mass is 316 g/mol. The SMILES string of the molecule is CCN(CCC#N)C(=O)CSc1nnnn1-c1ccccc1. The molecule has 0 spiro atoms. The fraction of sp³-hybridized carbons (Fsp3) is 0.357. The van der Waals surface area contributed by atoms with E-state index in [1.54, 1.807) is 9.58 Å². The molecule has 0 N–H and O–H groups in total. The van der Waals surface area contributed by atoms with Gasteiger partial charge in [0.25, 0.3) is 0 Å². The Balaban J connectivity index is 1.99. The number of nitrogens with zero attached hydrogens (tertiary/aromatic N) is 6. The maximum Gasteiger partial charge on any atom is 0.233 e. The van der Waals surface area contributed by atoms with E-state index in [1.807, 2.05) is 37.3 Å². The van der Waals surface area contributed by atoms with Crippen molar-refractivity contribution in [3.8, 4) is 11.8 Å². The number of tetrazole rings is 1. The number of aromatic nitrogens is 4. The number of rotatable bonds is 7. The minimum Gasteiger partial charge on any atom is -0.341 e. The lowest BCUT2D eigenvalue weighted by atomic mass is 10.3. The summed E-state index contributed by atoms with van der Waals surface area (Å²) in [6.45, 7) is 2.94. The lowest BCUT2D eigenvalue weighted by molar-refractivity contribution is -0.128. The van der Waals surface area contributed by atoms with Crippen molar-refractivity contribution in [1.82, 2.24) is 25.1 Å². The molecule has 0 saturated heterocycles. The van der Waals surface area contributed by atoms with Crippen molar-refractivity contribution in [2.75, 3.05) is 18.8 Å². The van der Waals surface area contributed by atoms with Gasteiger partial charge in [-0.3, -0.25) is 4.79 Å². The smallest absolute Gasteiger partial charge is 0.233 e. The predicted octanol–water partition coefficient (Wildman–Crippen LogP) is 1.52. The summed E-state index contributed by atoms with van der Waals surface area (Å²) in [5, 5.41) is 20.7. The minimum atomic E-state index is -0.0228. The molecule has 0 bridgehead atoms. The van der Waals surface area contributed by atoms with Gasteiger partial charge in [-0.2, -0.15) is 9.94 Å². The molecule has 2 rings (SSSR count). The third-order valence-corrected chi connectivity index (χ3v) is 3.90. The molecular formula is C14H16N6OS. The van der Waals surface area contributed by atoms with Gasteiger partial charge in [-0.1, -0.05) is 30.0 Å². The third-order valence-electron chi connectivity index (χ3n) is 2.99. The van der Waals surface area contributed by atoms with Crippen LogP contribution in [-0.2, 0) is 4.79 Å². The summed E-state index contributed by atoms with van der Waals surface area (Å²) in [5.74, 6) is 0.220. The van der Waals surface area contributed by atoms with Crippen molar-refractivity contribution in [3.05, 3.63) is 30.3 Å². The Kier molecular flexibility index (Phi) is 5.91. The molecule has 0 aliphatic heterocycles. The fourth-order valence-corrected chi connectivity index (χ4v) is 2.66. The topological polar surface area (TPSA) is 87.7 Å². The Bertz CT molecular complexity index is 651. The van der Waals surface area contributed by atoms with Crippen LogP contribution in [0.5, 0.6) is 0 Å². The highest BCUT2D eigenvalue weighted by Gasteiger charge is 2.15. The van der Waals surface area contributed by atoms with Crippen LogP contribution in [0, 0.1) is 11.3 Å². The summed E-state index contributed by atoms with van der Waals surface area (Å²) in [6, 6.07) is 11.6. The van der Waals surface area contributed by atoms with Crippen LogP contribution in [0.25, 0.3) is 5.69 Å². The van der Waals surface area contributed by atoms with Crippen molar-refractivity contribution in [2.24, 2.45) is 0 Å². The summed E-state index contributed by atoms with van der Waals surface area (Å²) in [7, 11) is 0. The molecule has 1 heterocycles. The lowest BCUT2D eigenvalue weighted by Gasteiger charge is -2.18. The average Bonchev–Trinajstić information content (AvgIpc) is 3.03. The number of benzene rings is 1. The van der Waals surface area contributed by atoms with Crippen molar-refractivity contribution >= 4 is 17.7 Å². The van der Waals surface area contributed by atoms with E-state index in [9.17, 15) is 4.79 Å². The second-order valence-corrected chi connectivity index (χ2v) is 5.32. The van der Waals surface area contributed by atoms with Gasteiger partial charge in [0, 0.05) is 13.1 Å². The maximum absolute atomic E-state index is 12.1. The highest BCUT2D eigenvalue weighted by atomic mass is 32.2. The van der Waals surface area contributed by atoms with Gasteiger partial charge in [0.1, 0.15) is 0 Å². The van der Waals surface area contributed by atoms with Crippen LogP contribution in [0.1, 0.15) is 13.3 Å². The second kappa shape index (κ2) is 8.14. The Morgan fingerprint density at radius 3 is 2.86 bits per heavy atom. The zero-order chi connectivity index (χ0) is 15.8. The third kappa shape index (κ3) is 4.05. The molecule has 0 fully saturated rings. The van der Waals surface area contributed by atoms with Crippen LogP contribution >= 0.6 is 11.8 Å². The van der Waals surface area contributed by atoms with E-state index >= 15 is 0 Å². The van der Waals surface area contributed by atoms with Crippen molar-refractivity contribution in [2.45, 2.75) is 18.5 Å². The molecule has 0 saturated carbocycles. The van der Waals surface area contributed by atoms with E-state index < -0.39 is 0 Å². The summed E-state index contributed by atoms with van der Waals surface area (Å²) < 4.78 is 1.60. The van der Waals surface area contributed by atoms with E-state index in [4.69, 9.17) is 5.26 Å². The first-order valence-electron chi connectivity index (χ1n) is 6.87. The minimum absolute atomic E-state index is 0.0228. The predicted molar refractivity (Wildman–Crippen MR) is 82.4 cm³/mol. The number of amides is 1. The molecule has 1 aromatic heterocycles. The lowest BCUT2D eigenvalue weighted by Crippen LogP contribution is -2.33. The molecule has 0 aliphatic rings. The normalized spacial score (nSPS) is 10.2. The van der Waals surface area contributed by atoms with Crippen molar-refractivity contribution < 1.29 is 4.79 Å². The van der Waals surface area contributed by atoms with E-state index in [-0.39, 0.29) is 11.7 Å². The highest BCUT2D eigenvalue weighted by molar-refractivity contribution is 7.99. The summed E-state index contributed by atoms with van der Waals surface area (Å²) in [6.07, 6.45) is 0.339. The van der Waals surface area contributed by atoms with E-state index in [0.717, 1.165) is 5.69 Å². The van der Waals surface area contributed by atoms with Crippen LogP contribution in [0.4, 0.5) is 0 Å². The van der Waals surface area contributed by atoms with Gasteiger partial charge in [0.2, 0.25) is 11.1 Å². The molecule has 1 amide bonds. The Hall–Kier alpha value is -2.40. The van der Waals surface area contributed by atoms with Crippen LogP contribution in [0.15, 0.2) is 35.5 Å². The summed E-state index contributed by atoms with van der Waals surface area (Å²) in [4.78, 5) is 13.8.